The van der Waals surface area contributed by atoms with E-state index in [1.165, 1.54) is 0 Å². The predicted octanol–water partition coefficient (Wildman–Crippen LogP) is 0.298. The zero-order valence-corrected chi connectivity index (χ0v) is 12.1. The highest BCUT2D eigenvalue weighted by Crippen LogP contribution is 2.35. The lowest BCUT2D eigenvalue weighted by molar-refractivity contribution is -0.128. The minimum absolute atomic E-state index is 0.108. The topological polar surface area (TPSA) is 110 Å². The summed E-state index contributed by atoms with van der Waals surface area (Å²) in [4.78, 5) is 22.3. The van der Waals surface area contributed by atoms with E-state index in [9.17, 15) is 4.79 Å². The molecule has 0 unspecified atom stereocenters. The maximum absolute atomic E-state index is 12.0. The lowest BCUT2D eigenvalue weighted by Crippen LogP contribution is -2.35. The number of nitrogens with zero attached hydrogens (tertiary/aromatic N) is 3. The first-order valence-electron chi connectivity index (χ1n) is 7.53. The summed E-state index contributed by atoms with van der Waals surface area (Å²) in [7, 11) is 0. The van der Waals surface area contributed by atoms with Gasteiger partial charge in [0.2, 0.25) is 11.9 Å². The van der Waals surface area contributed by atoms with Gasteiger partial charge in [-0.3, -0.25) is 4.79 Å². The molecule has 0 radical (unpaired) electrons. The highest BCUT2D eigenvalue weighted by atomic mass is 16.2. The number of rotatable bonds is 4. The number of carbonyl (C=O) groups excluding carboxylic acids is 1. The van der Waals surface area contributed by atoms with Crippen LogP contribution in [0.3, 0.4) is 0 Å². The van der Waals surface area contributed by atoms with Crippen LogP contribution in [0, 0.1) is 0 Å². The zero-order valence-electron chi connectivity index (χ0n) is 12.1. The van der Waals surface area contributed by atoms with Gasteiger partial charge in [0.05, 0.1) is 12.2 Å². The quantitative estimate of drug-likeness (QED) is 0.735. The first-order chi connectivity index (χ1) is 10.1. The van der Waals surface area contributed by atoms with Crippen LogP contribution in [0.25, 0.3) is 0 Å². The van der Waals surface area contributed by atoms with Gasteiger partial charge < -0.3 is 21.7 Å². The van der Waals surface area contributed by atoms with Gasteiger partial charge in [-0.1, -0.05) is 0 Å². The Balaban J connectivity index is 1.60. The second kappa shape index (κ2) is 5.85. The standard InChI is InChI=1S/C14H22N6O/c15-10-5-9(6-10)11-7-12(19-14(16)18-11)17-8-13(21)20-3-1-2-4-20/h7,9-10H,1-6,8,15H2,(H3,16,17,18,19). The summed E-state index contributed by atoms with van der Waals surface area (Å²) >= 11 is 0. The molecule has 114 valence electrons. The van der Waals surface area contributed by atoms with Crippen LogP contribution in [0.1, 0.15) is 37.3 Å². The largest absolute Gasteiger partial charge is 0.368 e. The Labute approximate surface area is 124 Å². The van der Waals surface area contributed by atoms with Crippen LogP contribution in [-0.4, -0.2) is 46.5 Å². The van der Waals surface area contributed by atoms with E-state index in [1.807, 2.05) is 11.0 Å². The molecule has 1 aliphatic heterocycles. The summed E-state index contributed by atoms with van der Waals surface area (Å²) in [5, 5.41) is 3.06. The van der Waals surface area contributed by atoms with Crippen LogP contribution < -0.4 is 16.8 Å². The van der Waals surface area contributed by atoms with Gasteiger partial charge in [-0.25, -0.2) is 4.98 Å². The molecule has 2 fully saturated rings. The summed E-state index contributed by atoms with van der Waals surface area (Å²) in [5.74, 6) is 1.33. The maximum atomic E-state index is 12.0. The van der Waals surface area contributed by atoms with Crippen molar-refractivity contribution in [3.05, 3.63) is 11.8 Å². The van der Waals surface area contributed by atoms with Crippen molar-refractivity contribution >= 4 is 17.7 Å². The number of nitrogen functional groups attached to an aromatic ring is 1. The highest BCUT2D eigenvalue weighted by molar-refractivity contribution is 5.80. The van der Waals surface area contributed by atoms with Crippen molar-refractivity contribution in [2.24, 2.45) is 5.73 Å². The molecule has 7 nitrogen and oxygen atoms in total. The van der Waals surface area contributed by atoms with Gasteiger partial charge >= 0.3 is 0 Å². The maximum Gasteiger partial charge on any atom is 0.241 e. The van der Waals surface area contributed by atoms with Gasteiger partial charge in [0.15, 0.2) is 0 Å². The van der Waals surface area contributed by atoms with Crippen molar-refractivity contribution < 1.29 is 4.79 Å². The summed E-state index contributed by atoms with van der Waals surface area (Å²) in [6.07, 6.45) is 4.06. The number of anilines is 2. The van der Waals surface area contributed by atoms with E-state index in [1.54, 1.807) is 0 Å². The van der Waals surface area contributed by atoms with E-state index < -0.39 is 0 Å². The molecule has 0 bridgehead atoms. The molecule has 0 aromatic carbocycles. The second-order valence-corrected chi connectivity index (χ2v) is 5.91. The van der Waals surface area contributed by atoms with Crippen LogP contribution in [0.5, 0.6) is 0 Å². The Morgan fingerprint density at radius 1 is 1.33 bits per heavy atom. The van der Waals surface area contributed by atoms with Gasteiger partial charge in [0.1, 0.15) is 5.82 Å². The van der Waals surface area contributed by atoms with Crippen molar-refractivity contribution in [2.45, 2.75) is 37.6 Å². The van der Waals surface area contributed by atoms with E-state index in [0.29, 0.717) is 11.7 Å². The molecule has 1 saturated heterocycles. The molecule has 2 heterocycles. The van der Waals surface area contributed by atoms with Crippen molar-refractivity contribution in [3.63, 3.8) is 0 Å². The number of hydrogen-bond acceptors (Lipinski definition) is 6. The van der Waals surface area contributed by atoms with E-state index in [-0.39, 0.29) is 24.4 Å². The van der Waals surface area contributed by atoms with E-state index in [4.69, 9.17) is 11.5 Å². The summed E-state index contributed by atoms with van der Waals surface area (Å²) in [5.41, 5.74) is 12.5. The molecule has 0 spiro atoms. The van der Waals surface area contributed by atoms with E-state index in [2.05, 4.69) is 15.3 Å². The first-order valence-corrected chi connectivity index (χ1v) is 7.53. The Bertz CT molecular complexity index is 522. The minimum Gasteiger partial charge on any atom is -0.368 e. The van der Waals surface area contributed by atoms with E-state index in [0.717, 1.165) is 44.5 Å². The molecule has 7 heteroatoms. The fourth-order valence-corrected chi connectivity index (χ4v) is 2.93. The predicted molar refractivity (Wildman–Crippen MR) is 80.7 cm³/mol. The van der Waals surface area contributed by atoms with Crippen LogP contribution in [0.2, 0.25) is 0 Å². The van der Waals surface area contributed by atoms with Gasteiger partial charge in [0, 0.05) is 31.1 Å². The molecule has 0 atom stereocenters. The second-order valence-electron chi connectivity index (χ2n) is 5.91. The normalized spacial score (nSPS) is 24.7. The first kappa shape index (κ1) is 14.1. The highest BCUT2D eigenvalue weighted by Gasteiger charge is 2.29. The smallest absolute Gasteiger partial charge is 0.241 e. The Morgan fingerprint density at radius 3 is 2.71 bits per heavy atom. The molecular formula is C14H22N6O. The average molecular weight is 290 g/mol. The number of nitrogens with one attached hydrogen (secondary N) is 1. The Kier molecular flexibility index (Phi) is 3.92. The third kappa shape index (κ3) is 3.24. The number of hydrogen-bond donors (Lipinski definition) is 3. The van der Waals surface area contributed by atoms with Gasteiger partial charge in [-0.15, -0.1) is 0 Å². The number of amides is 1. The van der Waals surface area contributed by atoms with Crippen LogP contribution in [-0.2, 0) is 4.79 Å². The Hall–Kier alpha value is -1.89. The lowest BCUT2D eigenvalue weighted by atomic mass is 9.78. The van der Waals surface area contributed by atoms with Crippen molar-refractivity contribution in [3.8, 4) is 0 Å². The van der Waals surface area contributed by atoms with Crippen molar-refractivity contribution in [1.82, 2.24) is 14.9 Å². The summed E-state index contributed by atoms with van der Waals surface area (Å²) in [6, 6.07) is 2.14. The molecule has 1 amide bonds. The minimum atomic E-state index is 0.108. The SMILES string of the molecule is Nc1nc(NCC(=O)N2CCCC2)cc(C2CC(N)C2)n1. The van der Waals surface area contributed by atoms with Gasteiger partial charge in [0.25, 0.3) is 0 Å². The van der Waals surface area contributed by atoms with Gasteiger partial charge in [-0.2, -0.15) is 4.98 Å². The van der Waals surface area contributed by atoms with E-state index >= 15 is 0 Å². The number of aromatic nitrogens is 2. The molecule has 2 aliphatic rings. The summed E-state index contributed by atoms with van der Waals surface area (Å²) < 4.78 is 0. The van der Waals surface area contributed by atoms with Crippen LogP contribution in [0.4, 0.5) is 11.8 Å². The zero-order chi connectivity index (χ0) is 14.8. The molecule has 1 saturated carbocycles. The van der Waals surface area contributed by atoms with Crippen molar-refractivity contribution in [1.29, 1.82) is 0 Å². The summed E-state index contributed by atoms with van der Waals surface area (Å²) in [6.45, 7) is 1.97. The number of nitrogens with two attached hydrogens (primary N) is 2. The third-order valence-electron chi connectivity index (χ3n) is 4.24. The third-order valence-corrected chi connectivity index (χ3v) is 4.24. The number of likely N-dealkylation sites (tertiary alicyclic amines) is 1. The molecule has 3 rings (SSSR count). The molecule has 1 aromatic rings. The van der Waals surface area contributed by atoms with Crippen molar-refractivity contribution in [2.75, 3.05) is 30.7 Å². The molecular weight excluding hydrogens is 268 g/mol. The van der Waals surface area contributed by atoms with Gasteiger partial charge in [-0.05, 0) is 25.7 Å². The average Bonchev–Trinajstić information content (AvgIpc) is 2.95. The Morgan fingerprint density at radius 2 is 2.05 bits per heavy atom. The van der Waals surface area contributed by atoms with Crippen LogP contribution in [0.15, 0.2) is 6.07 Å². The van der Waals surface area contributed by atoms with Crippen LogP contribution >= 0.6 is 0 Å². The molecule has 1 aromatic heterocycles. The molecule has 21 heavy (non-hydrogen) atoms. The monoisotopic (exact) mass is 290 g/mol. The fourth-order valence-electron chi connectivity index (χ4n) is 2.93. The molecule has 1 aliphatic carbocycles. The fraction of sp³-hybridized carbons (Fsp3) is 0.643. The number of carbonyl (C=O) groups is 1. The molecule has 5 N–H and O–H groups in total. The lowest BCUT2D eigenvalue weighted by Gasteiger charge is -2.32.